The molecule has 2 bridgehead atoms. The number of Topliss-reactive ketones (excluding diaryl/α,β-unsaturated/α-hetero) is 1. The number of fused-ring (bicyclic) bond motifs is 3. The molecule has 3 fully saturated rings. The summed E-state index contributed by atoms with van der Waals surface area (Å²) >= 11 is 3.43. The van der Waals surface area contributed by atoms with Crippen molar-refractivity contribution in [1.82, 2.24) is 0 Å². The van der Waals surface area contributed by atoms with Crippen molar-refractivity contribution >= 4 is 31.8 Å². The van der Waals surface area contributed by atoms with Crippen molar-refractivity contribution in [1.29, 1.82) is 0 Å². The Morgan fingerprint density at radius 1 is 1.50 bits per heavy atom. The molecule has 3 rings (SSSR count). The summed E-state index contributed by atoms with van der Waals surface area (Å²) in [6, 6.07) is 0. The highest BCUT2D eigenvalue weighted by molar-refractivity contribution is 9.10. The Kier molecular flexibility index (Phi) is 3.42. The Hall–Kier alpha value is 0.0200. The van der Waals surface area contributed by atoms with Crippen molar-refractivity contribution in [2.75, 3.05) is 5.75 Å². The summed E-state index contributed by atoms with van der Waals surface area (Å²) in [5.74, 6) is 4.90. The first-order chi connectivity index (χ1) is 8.14. The van der Waals surface area contributed by atoms with Gasteiger partial charge in [0.25, 0.3) is 10.1 Å². The number of carbonyl (C=O) groups excluding carboxylic acids is 1. The maximum atomic E-state index is 12.2. The lowest BCUT2D eigenvalue weighted by Crippen LogP contribution is -2.58. The first-order valence-electron chi connectivity index (χ1n) is 5.93. The van der Waals surface area contributed by atoms with Gasteiger partial charge in [-0.05, 0) is 30.6 Å². The van der Waals surface area contributed by atoms with Crippen LogP contribution < -0.4 is 5.90 Å². The Labute approximate surface area is 116 Å². The van der Waals surface area contributed by atoms with Crippen molar-refractivity contribution in [3.05, 3.63) is 0 Å². The number of halogens is 1. The molecule has 0 heterocycles. The van der Waals surface area contributed by atoms with Crippen LogP contribution in [-0.2, 0) is 19.2 Å². The zero-order valence-electron chi connectivity index (χ0n) is 10.5. The molecule has 3 aliphatic carbocycles. The molecule has 0 unspecified atom stereocenters. The number of rotatable bonds is 3. The molecule has 4 atom stereocenters. The third-order valence-corrected chi connectivity index (χ3v) is 6.91. The smallest absolute Gasteiger partial charge is 0.283 e. The summed E-state index contributed by atoms with van der Waals surface area (Å²) in [6.45, 7) is 3.83. The molecule has 3 saturated carbocycles. The summed E-state index contributed by atoms with van der Waals surface area (Å²) in [5, 5.41) is 0. The van der Waals surface area contributed by atoms with E-state index in [0.29, 0.717) is 6.42 Å². The molecule has 3 aliphatic rings. The molecule has 0 amide bonds. The highest BCUT2D eigenvalue weighted by Crippen LogP contribution is 2.59. The number of nitrogens with two attached hydrogens (primary N) is 1. The predicted molar refractivity (Wildman–Crippen MR) is 70.3 cm³/mol. The van der Waals surface area contributed by atoms with E-state index in [1.165, 1.54) is 0 Å². The van der Waals surface area contributed by atoms with E-state index in [9.17, 15) is 13.2 Å². The Balaban J connectivity index is 2.34. The van der Waals surface area contributed by atoms with E-state index in [-0.39, 0.29) is 22.3 Å². The number of ketones is 1. The van der Waals surface area contributed by atoms with Crippen molar-refractivity contribution < 1.29 is 17.5 Å². The maximum Gasteiger partial charge on any atom is 0.283 e. The van der Waals surface area contributed by atoms with E-state index < -0.39 is 20.9 Å². The highest BCUT2D eigenvalue weighted by Gasteiger charge is 2.59. The largest absolute Gasteiger partial charge is 0.298 e. The van der Waals surface area contributed by atoms with Gasteiger partial charge in [0.15, 0.2) is 5.78 Å². The van der Waals surface area contributed by atoms with E-state index in [0.717, 1.165) is 12.8 Å². The van der Waals surface area contributed by atoms with Gasteiger partial charge < -0.3 is 0 Å². The molecule has 0 saturated heterocycles. The fourth-order valence-electron chi connectivity index (χ4n) is 3.75. The lowest BCUT2D eigenvalue weighted by atomic mass is 9.51. The topological polar surface area (TPSA) is 86.5 Å². The van der Waals surface area contributed by atoms with Gasteiger partial charge in [-0.15, -0.1) is 0 Å². The van der Waals surface area contributed by atoms with Gasteiger partial charge in [0.1, 0.15) is 0 Å². The molecular weight excluding hydrogens is 322 g/mol. The molecule has 5 nitrogen and oxygen atoms in total. The number of hydrogen-bond donors (Lipinski definition) is 1. The Morgan fingerprint density at radius 2 is 2.11 bits per heavy atom. The van der Waals surface area contributed by atoms with Crippen LogP contribution in [0.5, 0.6) is 0 Å². The highest BCUT2D eigenvalue weighted by atomic mass is 79.9. The molecular formula is C11H18BrNO4S. The third-order valence-electron chi connectivity index (χ3n) is 4.55. The predicted octanol–water partition coefficient (Wildman–Crippen LogP) is 1.37. The van der Waals surface area contributed by atoms with Gasteiger partial charge in [-0.2, -0.15) is 18.6 Å². The van der Waals surface area contributed by atoms with Crippen LogP contribution in [0.4, 0.5) is 0 Å². The van der Waals surface area contributed by atoms with E-state index in [1.807, 2.05) is 13.8 Å². The van der Waals surface area contributed by atoms with Crippen LogP contribution in [0.2, 0.25) is 0 Å². The summed E-state index contributed by atoms with van der Waals surface area (Å²) in [5.41, 5.74) is -0.894. The van der Waals surface area contributed by atoms with Crippen molar-refractivity contribution in [2.24, 2.45) is 22.6 Å². The number of carbonyl (C=O) groups is 1. The van der Waals surface area contributed by atoms with Crippen LogP contribution in [-0.4, -0.2) is 24.8 Å². The van der Waals surface area contributed by atoms with Gasteiger partial charge in [0.2, 0.25) is 0 Å². The fraction of sp³-hybridized carbons (Fsp3) is 0.909. The summed E-state index contributed by atoms with van der Waals surface area (Å²) in [7, 11) is -3.72. The summed E-state index contributed by atoms with van der Waals surface area (Å²) < 4.78 is 27.3. The molecule has 0 aromatic rings. The average Bonchev–Trinajstić information content (AvgIpc) is 2.24. The van der Waals surface area contributed by atoms with Gasteiger partial charge >= 0.3 is 0 Å². The second-order valence-electron chi connectivity index (χ2n) is 6.10. The van der Waals surface area contributed by atoms with Gasteiger partial charge in [0.05, 0.1) is 10.6 Å². The molecule has 104 valence electrons. The lowest BCUT2D eigenvalue weighted by Gasteiger charge is -2.55. The van der Waals surface area contributed by atoms with E-state index in [2.05, 4.69) is 20.2 Å². The second kappa shape index (κ2) is 4.26. The maximum absolute atomic E-state index is 12.2. The normalized spacial score (nSPS) is 44.3. The standard InChI is InChI=1S/C11H18BrNO4S/c1-10-4-3-7(8(12)9(10)14)11(2,5-10)6-18(15,16)17-13/h7-8H,3-6,13H2,1-2H3/t7-,8+,10-,11-/m1/s1. The van der Waals surface area contributed by atoms with Gasteiger partial charge in [-0.25, -0.2) is 0 Å². The second-order valence-corrected chi connectivity index (χ2v) is 8.68. The molecule has 18 heavy (non-hydrogen) atoms. The van der Waals surface area contributed by atoms with Crippen LogP contribution in [0.1, 0.15) is 33.1 Å². The molecule has 0 aromatic heterocycles. The third kappa shape index (κ3) is 2.15. The molecule has 0 aliphatic heterocycles. The van der Waals surface area contributed by atoms with E-state index in [1.54, 1.807) is 0 Å². The molecule has 2 N–H and O–H groups in total. The fourth-order valence-corrected chi connectivity index (χ4v) is 6.40. The van der Waals surface area contributed by atoms with Crippen molar-refractivity contribution in [2.45, 2.75) is 37.9 Å². The van der Waals surface area contributed by atoms with Crippen LogP contribution in [0, 0.1) is 16.7 Å². The minimum absolute atomic E-state index is 0.0248. The molecule has 0 spiro atoms. The van der Waals surface area contributed by atoms with Crippen LogP contribution in [0.3, 0.4) is 0 Å². The zero-order valence-corrected chi connectivity index (χ0v) is 12.9. The van der Waals surface area contributed by atoms with Gasteiger partial charge in [-0.3, -0.25) is 4.79 Å². The lowest BCUT2D eigenvalue weighted by molar-refractivity contribution is -0.143. The minimum atomic E-state index is -3.72. The summed E-state index contributed by atoms with van der Waals surface area (Å²) in [4.78, 5) is 11.9. The minimum Gasteiger partial charge on any atom is -0.298 e. The number of alkyl halides is 1. The number of hydrogen-bond acceptors (Lipinski definition) is 5. The molecule has 0 aromatic carbocycles. The van der Waals surface area contributed by atoms with Crippen molar-refractivity contribution in [3.8, 4) is 0 Å². The van der Waals surface area contributed by atoms with E-state index in [4.69, 9.17) is 5.90 Å². The zero-order chi connectivity index (χ0) is 13.8. The first-order valence-corrected chi connectivity index (χ1v) is 8.42. The Morgan fingerprint density at radius 3 is 2.61 bits per heavy atom. The van der Waals surface area contributed by atoms with Crippen LogP contribution in [0.15, 0.2) is 0 Å². The van der Waals surface area contributed by atoms with E-state index >= 15 is 0 Å². The molecule has 0 radical (unpaired) electrons. The quantitative estimate of drug-likeness (QED) is 0.619. The monoisotopic (exact) mass is 339 g/mol. The van der Waals surface area contributed by atoms with Gasteiger partial charge in [-0.1, -0.05) is 29.8 Å². The Bertz CT molecular complexity index is 479. The SMILES string of the molecule is C[C@]12CC[C@H]([C@H](Br)C1=O)[C@@](C)(CS(=O)(=O)ON)C2. The van der Waals surface area contributed by atoms with Crippen LogP contribution in [0.25, 0.3) is 0 Å². The molecule has 7 heteroatoms. The average molecular weight is 340 g/mol. The van der Waals surface area contributed by atoms with Crippen LogP contribution >= 0.6 is 15.9 Å². The van der Waals surface area contributed by atoms with Gasteiger partial charge in [0, 0.05) is 5.41 Å². The first kappa shape index (κ1) is 14.4. The summed E-state index contributed by atoms with van der Waals surface area (Å²) in [6.07, 6.45) is 2.26. The van der Waals surface area contributed by atoms with Crippen molar-refractivity contribution in [3.63, 3.8) is 0 Å².